The van der Waals surface area contributed by atoms with Gasteiger partial charge in [-0.2, -0.15) is 0 Å². The minimum absolute atomic E-state index is 0.608. The molecule has 0 N–H and O–H groups in total. The molecule has 1 unspecified atom stereocenters. The Morgan fingerprint density at radius 1 is 0.351 bits per heavy atom. The fourth-order valence-corrected chi connectivity index (χ4v) is 12.1. The summed E-state index contributed by atoms with van der Waals surface area (Å²) < 4.78 is 6.86. The lowest BCUT2D eigenvalue weighted by Gasteiger charge is -2.31. The zero-order valence-corrected chi connectivity index (χ0v) is 41.1. The van der Waals surface area contributed by atoms with Crippen LogP contribution < -0.4 is 0 Å². The molecule has 0 radical (unpaired) electrons. The molecule has 74 heavy (non-hydrogen) atoms. The van der Waals surface area contributed by atoms with Crippen molar-refractivity contribution in [2.75, 3.05) is 0 Å². The first-order chi connectivity index (χ1) is 36.6. The second-order valence-electron chi connectivity index (χ2n) is 19.4. The normalized spacial score (nSPS) is 15.5. The molecule has 0 amide bonds. The van der Waals surface area contributed by atoms with E-state index >= 15 is 0 Å². The summed E-state index contributed by atoms with van der Waals surface area (Å²) in [6.07, 6.45) is 4.61. The number of nitrogens with zero attached hydrogens (tertiary/aromatic N) is 2. The Balaban J connectivity index is 1.03. The number of furan rings is 1. The standard InChI is InChI=1S/C71H48N2O/c1-3-56-61(4-2)71(63-36-35-60-59-30-18-20-32-67(59)74-69(60)68(56)63)62-31-19-17-29-57(62)58-34-33-49(43-64(58)71)65-44-66(54-39-50(45-21-9-5-10-22-45)37-51(40-54)46-23-11-6-12-24-46)73-70(72-65)55-41-52(47-25-13-7-14-26-47)38-53(42-55)48-27-15-8-16-28-48/h3-44H,1-2H3. The second-order valence-corrected chi connectivity index (χ2v) is 19.4. The summed E-state index contributed by atoms with van der Waals surface area (Å²) in [4.78, 5) is 11.2. The average molecular weight is 945 g/mol. The van der Waals surface area contributed by atoms with Crippen molar-refractivity contribution < 1.29 is 4.42 Å². The number of hydrogen-bond donors (Lipinski definition) is 0. The third kappa shape index (κ3) is 6.81. The molecule has 0 aliphatic heterocycles. The van der Waals surface area contributed by atoms with Crippen molar-refractivity contribution >= 4 is 27.5 Å². The Morgan fingerprint density at radius 2 is 0.851 bits per heavy atom. The Bertz CT molecular complexity index is 3980. The minimum atomic E-state index is -0.608. The molecule has 1 spiro atoms. The van der Waals surface area contributed by atoms with Gasteiger partial charge >= 0.3 is 0 Å². The first-order valence-corrected chi connectivity index (χ1v) is 25.5. The summed E-state index contributed by atoms with van der Waals surface area (Å²) >= 11 is 0. The summed E-state index contributed by atoms with van der Waals surface area (Å²) in [5, 5.41) is 2.26. The van der Waals surface area contributed by atoms with E-state index < -0.39 is 5.41 Å². The number of rotatable bonds is 7. The highest BCUT2D eigenvalue weighted by molar-refractivity contribution is 6.13. The van der Waals surface area contributed by atoms with Crippen LogP contribution in [0.1, 0.15) is 36.1 Å². The molecule has 2 heterocycles. The molecule has 14 rings (SSSR count). The maximum absolute atomic E-state index is 6.86. The second kappa shape index (κ2) is 17.4. The number of allylic oxidation sites excluding steroid dienone is 4. The number of fused-ring (bicyclic) bond motifs is 11. The predicted octanol–water partition coefficient (Wildman–Crippen LogP) is 18.7. The third-order valence-electron chi connectivity index (χ3n) is 15.4. The Labute approximate surface area is 431 Å². The lowest BCUT2D eigenvalue weighted by Crippen LogP contribution is -2.26. The van der Waals surface area contributed by atoms with E-state index in [1.165, 1.54) is 39.0 Å². The van der Waals surface area contributed by atoms with Gasteiger partial charge < -0.3 is 4.42 Å². The highest BCUT2D eigenvalue weighted by Gasteiger charge is 2.54. The van der Waals surface area contributed by atoms with Gasteiger partial charge in [-0.05, 0) is 152 Å². The molecular formula is C71H48N2O. The Morgan fingerprint density at radius 3 is 1.43 bits per heavy atom. The van der Waals surface area contributed by atoms with Crippen molar-refractivity contribution in [3.05, 3.63) is 283 Å². The van der Waals surface area contributed by atoms with Crippen molar-refractivity contribution in [2.24, 2.45) is 0 Å². The smallest absolute Gasteiger partial charge is 0.160 e. The van der Waals surface area contributed by atoms with Crippen LogP contribution in [-0.4, -0.2) is 9.97 Å². The van der Waals surface area contributed by atoms with E-state index in [4.69, 9.17) is 14.4 Å². The molecule has 12 aromatic rings. The van der Waals surface area contributed by atoms with Gasteiger partial charge in [0.15, 0.2) is 5.82 Å². The zero-order chi connectivity index (χ0) is 49.3. The molecule has 0 bridgehead atoms. The van der Waals surface area contributed by atoms with E-state index in [-0.39, 0.29) is 0 Å². The van der Waals surface area contributed by atoms with Crippen LogP contribution in [0.2, 0.25) is 0 Å². The zero-order valence-electron chi connectivity index (χ0n) is 41.1. The third-order valence-corrected chi connectivity index (χ3v) is 15.4. The monoisotopic (exact) mass is 944 g/mol. The summed E-state index contributed by atoms with van der Waals surface area (Å²) in [7, 11) is 0. The van der Waals surface area contributed by atoms with Crippen molar-refractivity contribution in [1.29, 1.82) is 0 Å². The summed E-state index contributed by atoms with van der Waals surface area (Å²) in [5.74, 6) is 0.654. The molecule has 348 valence electrons. The molecule has 0 fully saturated rings. The molecule has 2 aromatic heterocycles. The minimum Gasteiger partial charge on any atom is -0.455 e. The van der Waals surface area contributed by atoms with Crippen molar-refractivity contribution in [3.8, 4) is 89.5 Å². The molecule has 3 nitrogen and oxygen atoms in total. The molecule has 10 aromatic carbocycles. The summed E-state index contributed by atoms with van der Waals surface area (Å²) in [6, 6.07) is 87.4. The van der Waals surface area contributed by atoms with Gasteiger partial charge in [-0.1, -0.05) is 200 Å². The van der Waals surface area contributed by atoms with Gasteiger partial charge in [0.1, 0.15) is 11.2 Å². The first kappa shape index (κ1) is 43.4. The van der Waals surface area contributed by atoms with Crippen LogP contribution in [0, 0.1) is 0 Å². The average Bonchev–Trinajstić information content (AvgIpc) is 4.13. The van der Waals surface area contributed by atoms with Gasteiger partial charge in [0.25, 0.3) is 0 Å². The fraction of sp³-hybridized carbons (Fsp3) is 0.0423. The van der Waals surface area contributed by atoms with Crippen LogP contribution in [0.5, 0.6) is 0 Å². The summed E-state index contributed by atoms with van der Waals surface area (Å²) in [5.41, 5.74) is 24.7. The predicted molar refractivity (Wildman–Crippen MR) is 307 cm³/mol. The van der Waals surface area contributed by atoms with E-state index in [1.807, 2.05) is 0 Å². The van der Waals surface area contributed by atoms with Crippen LogP contribution in [0.4, 0.5) is 0 Å². The van der Waals surface area contributed by atoms with Gasteiger partial charge in [-0.25, -0.2) is 9.97 Å². The van der Waals surface area contributed by atoms with Crippen LogP contribution in [0.15, 0.2) is 265 Å². The molecule has 1 atom stereocenters. The maximum Gasteiger partial charge on any atom is 0.160 e. The highest BCUT2D eigenvalue weighted by atomic mass is 16.3. The quantitative estimate of drug-likeness (QED) is 0.160. The number of aromatic nitrogens is 2. The Hall–Kier alpha value is -9.44. The molecule has 2 aliphatic carbocycles. The van der Waals surface area contributed by atoms with Crippen LogP contribution >= 0.6 is 0 Å². The first-order valence-electron chi connectivity index (χ1n) is 25.5. The SMILES string of the molecule is CC=C1C(=CC)C2(c3ccccc3-c3ccc(-c4cc(-c5cc(-c6ccccc6)cc(-c6ccccc6)c5)nc(-c5cc(-c6ccccc6)cc(-c6ccccc6)c5)n4)cc32)c2ccc3c(oc4ccccc43)c21. The molecule has 0 saturated carbocycles. The van der Waals surface area contributed by atoms with Crippen LogP contribution in [0.3, 0.4) is 0 Å². The molecule has 3 heteroatoms. The van der Waals surface area contributed by atoms with Gasteiger partial charge in [0.05, 0.1) is 16.8 Å². The summed E-state index contributed by atoms with van der Waals surface area (Å²) in [6.45, 7) is 4.35. The number of benzene rings is 10. The van der Waals surface area contributed by atoms with E-state index in [0.29, 0.717) is 5.82 Å². The van der Waals surface area contributed by atoms with Gasteiger partial charge in [-0.3, -0.25) is 0 Å². The van der Waals surface area contributed by atoms with Crippen molar-refractivity contribution in [1.82, 2.24) is 9.97 Å². The number of hydrogen-bond acceptors (Lipinski definition) is 3. The molecule has 0 saturated heterocycles. The fourth-order valence-electron chi connectivity index (χ4n) is 12.1. The lowest BCUT2D eigenvalue weighted by molar-refractivity contribution is 0.666. The van der Waals surface area contributed by atoms with E-state index in [0.717, 1.165) is 100 Å². The number of para-hydroxylation sites is 1. The molecular weight excluding hydrogens is 897 g/mol. The highest BCUT2D eigenvalue weighted by Crippen LogP contribution is 2.65. The maximum atomic E-state index is 6.86. The van der Waals surface area contributed by atoms with Gasteiger partial charge in [0, 0.05) is 33.0 Å². The van der Waals surface area contributed by atoms with E-state index in [2.05, 4.69) is 269 Å². The van der Waals surface area contributed by atoms with Gasteiger partial charge in [0.2, 0.25) is 0 Å². The van der Waals surface area contributed by atoms with E-state index in [1.54, 1.807) is 0 Å². The largest absolute Gasteiger partial charge is 0.455 e. The van der Waals surface area contributed by atoms with Crippen molar-refractivity contribution in [2.45, 2.75) is 19.3 Å². The Kier molecular flexibility index (Phi) is 10.2. The van der Waals surface area contributed by atoms with Crippen LogP contribution in [0.25, 0.3) is 117 Å². The van der Waals surface area contributed by atoms with Gasteiger partial charge in [-0.15, -0.1) is 0 Å². The van der Waals surface area contributed by atoms with E-state index in [9.17, 15) is 0 Å². The van der Waals surface area contributed by atoms with Crippen LogP contribution in [-0.2, 0) is 5.41 Å². The molecule has 2 aliphatic rings. The van der Waals surface area contributed by atoms with Crippen molar-refractivity contribution in [3.63, 3.8) is 0 Å². The lowest BCUT2D eigenvalue weighted by atomic mass is 9.70. The topological polar surface area (TPSA) is 38.9 Å².